The molecule has 3 heterocycles. The van der Waals surface area contributed by atoms with E-state index >= 15 is 0 Å². The van der Waals surface area contributed by atoms with Crippen molar-refractivity contribution in [3.05, 3.63) is 77.1 Å². The van der Waals surface area contributed by atoms with Crippen molar-refractivity contribution in [1.82, 2.24) is 10.2 Å². The molecule has 3 aliphatic heterocycles. The summed E-state index contributed by atoms with van der Waals surface area (Å²) >= 11 is 0. The van der Waals surface area contributed by atoms with Gasteiger partial charge in [-0.1, -0.05) is 36.4 Å². The molecule has 5 rings (SSSR count). The third-order valence-electron chi connectivity index (χ3n) is 8.68. The molecule has 40 heavy (non-hydrogen) atoms. The average molecular weight is 561 g/mol. The normalized spacial score (nSPS) is 22.8. The first kappa shape index (κ1) is 28.3. The lowest BCUT2D eigenvalue weighted by molar-refractivity contribution is -0.271. The summed E-state index contributed by atoms with van der Waals surface area (Å²) in [6, 6.07) is 12.0. The lowest BCUT2D eigenvalue weighted by atomic mass is 9.62. The van der Waals surface area contributed by atoms with Crippen LogP contribution in [0.1, 0.15) is 48.3 Å². The van der Waals surface area contributed by atoms with E-state index in [4.69, 9.17) is 9.47 Å². The number of carbonyl (C=O) groups is 2. The number of hydrogen-bond donors (Lipinski definition) is 1. The van der Waals surface area contributed by atoms with Gasteiger partial charge in [0, 0.05) is 44.6 Å². The van der Waals surface area contributed by atoms with E-state index in [0.717, 1.165) is 18.2 Å². The van der Waals surface area contributed by atoms with Crippen molar-refractivity contribution in [1.29, 1.82) is 0 Å². The van der Waals surface area contributed by atoms with E-state index < -0.39 is 23.1 Å². The van der Waals surface area contributed by atoms with E-state index in [1.54, 1.807) is 18.2 Å². The SMILES string of the molecule is CO[C@](C(=O)N1CCC2(CC1)CC(=O)NC[C@H]2c1ccc(F)cc1)(c1cccc(C2=CCOCC2)c1)C(F)(F)F. The molecule has 2 amide bonds. The minimum absolute atomic E-state index is 0.0349. The van der Waals surface area contributed by atoms with Crippen molar-refractivity contribution in [2.24, 2.45) is 5.41 Å². The highest BCUT2D eigenvalue weighted by Crippen LogP contribution is 2.50. The minimum Gasteiger partial charge on any atom is -0.377 e. The van der Waals surface area contributed by atoms with E-state index in [1.165, 1.54) is 35.2 Å². The predicted molar refractivity (Wildman–Crippen MR) is 140 cm³/mol. The van der Waals surface area contributed by atoms with Gasteiger partial charge in [0.1, 0.15) is 5.82 Å². The molecule has 2 aromatic carbocycles. The maximum absolute atomic E-state index is 14.9. The van der Waals surface area contributed by atoms with Crippen LogP contribution in [0.2, 0.25) is 0 Å². The maximum Gasteiger partial charge on any atom is 0.430 e. The Bertz CT molecular complexity index is 1290. The zero-order valence-electron chi connectivity index (χ0n) is 22.2. The number of carbonyl (C=O) groups excluding carboxylic acids is 2. The van der Waals surface area contributed by atoms with Crippen LogP contribution in [0.5, 0.6) is 0 Å². The predicted octanol–water partition coefficient (Wildman–Crippen LogP) is 4.95. The number of likely N-dealkylation sites (tertiary alicyclic amines) is 1. The number of ether oxygens (including phenoxy) is 2. The van der Waals surface area contributed by atoms with Crippen LogP contribution >= 0.6 is 0 Å². The average Bonchev–Trinajstić information content (AvgIpc) is 2.95. The zero-order chi connectivity index (χ0) is 28.5. The van der Waals surface area contributed by atoms with Gasteiger partial charge in [-0.25, -0.2) is 4.39 Å². The van der Waals surface area contributed by atoms with Gasteiger partial charge < -0.3 is 19.7 Å². The second kappa shape index (κ2) is 11.0. The van der Waals surface area contributed by atoms with Gasteiger partial charge in [0.15, 0.2) is 0 Å². The first-order chi connectivity index (χ1) is 19.1. The number of rotatable bonds is 5. The fourth-order valence-corrected chi connectivity index (χ4v) is 6.46. The summed E-state index contributed by atoms with van der Waals surface area (Å²) in [4.78, 5) is 27.5. The third-order valence-corrected chi connectivity index (χ3v) is 8.68. The van der Waals surface area contributed by atoms with Crippen molar-refractivity contribution < 1.29 is 36.6 Å². The van der Waals surface area contributed by atoms with Crippen LogP contribution in [0.15, 0.2) is 54.6 Å². The Morgan fingerprint density at radius 2 is 1.85 bits per heavy atom. The lowest BCUT2D eigenvalue weighted by Crippen LogP contribution is -2.60. The molecule has 0 unspecified atom stereocenters. The Morgan fingerprint density at radius 1 is 1.12 bits per heavy atom. The van der Waals surface area contributed by atoms with Crippen LogP contribution in [-0.4, -0.2) is 62.8 Å². The number of halogens is 4. The lowest BCUT2D eigenvalue weighted by Gasteiger charge is -2.50. The van der Waals surface area contributed by atoms with E-state index in [-0.39, 0.29) is 42.7 Å². The van der Waals surface area contributed by atoms with E-state index in [2.05, 4.69) is 5.32 Å². The Labute approximate surface area is 230 Å². The first-order valence-electron chi connectivity index (χ1n) is 13.4. The summed E-state index contributed by atoms with van der Waals surface area (Å²) in [5.41, 5.74) is -1.72. The molecule has 2 atom stereocenters. The largest absolute Gasteiger partial charge is 0.430 e. The van der Waals surface area contributed by atoms with E-state index in [0.29, 0.717) is 44.6 Å². The molecule has 214 valence electrons. The first-order valence-corrected chi connectivity index (χ1v) is 13.4. The van der Waals surface area contributed by atoms with Crippen LogP contribution in [0.4, 0.5) is 17.6 Å². The summed E-state index contributed by atoms with van der Waals surface area (Å²) in [7, 11) is 0.910. The summed E-state index contributed by atoms with van der Waals surface area (Å²) in [5, 5.41) is 2.86. The highest BCUT2D eigenvalue weighted by Gasteiger charge is 2.64. The molecule has 10 heteroatoms. The number of nitrogens with zero attached hydrogens (tertiary/aromatic N) is 1. The monoisotopic (exact) mass is 560 g/mol. The minimum atomic E-state index is -5.03. The topological polar surface area (TPSA) is 67.9 Å². The molecule has 3 aliphatic rings. The van der Waals surface area contributed by atoms with Crippen molar-refractivity contribution in [2.45, 2.75) is 43.4 Å². The zero-order valence-corrected chi connectivity index (χ0v) is 22.2. The Hall–Kier alpha value is -3.24. The summed E-state index contributed by atoms with van der Waals surface area (Å²) < 4.78 is 68.6. The van der Waals surface area contributed by atoms with Crippen molar-refractivity contribution in [2.75, 3.05) is 40.0 Å². The third kappa shape index (κ3) is 5.03. The van der Waals surface area contributed by atoms with Crippen LogP contribution < -0.4 is 5.32 Å². The van der Waals surface area contributed by atoms with Crippen molar-refractivity contribution in [3.63, 3.8) is 0 Å². The molecule has 2 fully saturated rings. The summed E-state index contributed by atoms with van der Waals surface area (Å²) in [6.07, 6.45) is -1.79. The molecular formula is C30H32F4N2O4. The highest BCUT2D eigenvalue weighted by molar-refractivity contribution is 5.88. The van der Waals surface area contributed by atoms with Crippen LogP contribution in [-0.2, 0) is 24.7 Å². The Kier molecular flexibility index (Phi) is 7.76. The molecule has 0 saturated carbocycles. The van der Waals surface area contributed by atoms with Gasteiger partial charge in [0.25, 0.3) is 11.5 Å². The second-order valence-corrected chi connectivity index (χ2v) is 10.8. The fourth-order valence-electron chi connectivity index (χ4n) is 6.46. The molecule has 2 aromatic rings. The molecular weight excluding hydrogens is 528 g/mol. The Balaban J connectivity index is 1.44. The van der Waals surface area contributed by atoms with Crippen LogP contribution in [0.3, 0.4) is 0 Å². The van der Waals surface area contributed by atoms with E-state index in [9.17, 15) is 27.2 Å². The molecule has 0 aliphatic carbocycles. The number of piperidine rings is 2. The molecule has 1 spiro atoms. The smallest absolute Gasteiger partial charge is 0.377 e. The van der Waals surface area contributed by atoms with Gasteiger partial charge in [-0.15, -0.1) is 0 Å². The van der Waals surface area contributed by atoms with Gasteiger partial charge in [0.05, 0.1) is 13.2 Å². The number of methoxy groups -OCH3 is 1. The molecule has 0 aromatic heterocycles. The number of benzene rings is 2. The van der Waals surface area contributed by atoms with Crippen molar-refractivity contribution >= 4 is 17.4 Å². The van der Waals surface area contributed by atoms with Gasteiger partial charge in [0.2, 0.25) is 5.91 Å². The quantitative estimate of drug-likeness (QED) is 0.526. The fraction of sp³-hybridized carbons (Fsp3) is 0.467. The molecule has 2 saturated heterocycles. The van der Waals surface area contributed by atoms with Crippen LogP contribution in [0.25, 0.3) is 5.57 Å². The second-order valence-electron chi connectivity index (χ2n) is 10.8. The van der Waals surface area contributed by atoms with Crippen molar-refractivity contribution in [3.8, 4) is 0 Å². The number of alkyl halides is 3. The summed E-state index contributed by atoms with van der Waals surface area (Å²) in [6.45, 7) is 1.26. The van der Waals surface area contributed by atoms with Crippen LogP contribution in [0, 0.1) is 11.2 Å². The summed E-state index contributed by atoms with van der Waals surface area (Å²) in [5.74, 6) is -1.84. The Morgan fingerprint density at radius 3 is 2.48 bits per heavy atom. The molecule has 0 bridgehead atoms. The molecule has 6 nitrogen and oxygen atoms in total. The van der Waals surface area contributed by atoms with Gasteiger partial charge in [-0.2, -0.15) is 13.2 Å². The number of nitrogens with one attached hydrogen (secondary N) is 1. The maximum atomic E-state index is 14.9. The highest BCUT2D eigenvalue weighted by atomic mass is 19.4. The van der Waals surface area contributed by atoms with E-state index in [1.807, 2.05) is 6.08 Å². The van der Waals surface area contributed by atoms with Gasteiger partial charge >= 0.3 is 6.18 Å². The number of amides is 2. The number of hydrogen-bond acceptors (Lipinski definition) is 4. The molecule has 1 N–H and O–H groups in total. The van der Waals surface area contributed by atoms with Gasteiger partial charge in [-0.05, 0) is 59.6 Å². The molecule has 0 radical (unpaired) electrons. The standard InChI is InChI=1S/C30H32F4N2O4/c1-39-29(30(32,33)34,23-4-2-3-22(17-23)20-9-15-40-16-10-20)27(38)36-13-11-28(12-14-36)18-26(37)35-19-25(28)21-5-7-24(31)8-6-21/h2-9,17,25H,10-16,18-19H2,1H3,(H,35,37)/t25-,29-/m0/s1. The van der Waals surface area contributed by atoms with Gasteiger partial charge in [-0.3, -0.25) is 9.59 Å².